The second kappa shape index (κ2) is 6.58. The van der Waals surface area contributed by atoms with Crippen molar-refractivity contribution < 1.29 is 19.1 Å². The number of carbonyl (C=O) groups excluding carboxylic acids is 2. The van der Waals surface area contributed by atoms with E-state index >= 15 is 0 Å². The lowest BCUT2D eigenvalue weighted by Crippen LogP contribution is -2.25. The summed E-state index contributed by atoms with van der Waals surface area (Å²) in [5.74, 6) is 0.504. The average Bonchev–Trinajstić information content (AvgIpc) is 2.54. The van der Waals surface area contributed by atoms with Crippen LogP contribution in [0, 0.1) is 0 Å². The van der Waals surface area contributed by atoms with Crippen molar-refractivity contribution in [3.05, 3.63) is 47.5 Å². The van der Waals surface area contributed by atoms with E-state index in [4.69, 9.17) is 21.1 Å². The molecule has 2 N–H and O–H groups in total. The molecule has 0 saturated heterocycles. The topological polar surface area (TPSA) is 76.7 Å². The molecule has 0 bridgehead atoms. The predicted molar refractivity (Wildman–Crippen MR) is 86.1 cm³/mol. The van der Waals surface area contributed by atoms with E-state index in [-0.39, 0.29) is 25.0 Å². The second-order valence-corrected chi connectivity index (χ2v) is 5.27. The third kappa shape index (κ3) is 3.92. The van der Waals surface area contributed by atoms with Crippen LogP contribution in [0.2, 0.25) is 5.02 Å². The number of carbonyl (C=O) groups is 2. The first kappa shape index (κ1) is 15.2. The molecule has 1 aliphatic heterocycles. The molecule has 2 aromatic rings. The van der Waals surface area contributed by atoms with Gasteiger partial charge in [0.05, 0.1) is 5.69 Å². The largest absolute Gasteiger partial charge is 0.484 e. The van der Waals surface area contributed by atoms with Crippen LogP contribution in [0.4, 0.5) is 11.4 Å². The first-order valence-electron chi connectivity index (χ1n) is 6.85. The first-order chi connectivity index (χ1) is 11.1. The van der Waals surface area contributed by atoms with Crippen LogP contribution in [0.1, 0.15) is 0 Å². The van der Waals surface area contributed by atoms with Crippen molar-refractivity contribution in [2.24, 2.45) is 0 Å². The van der Waals surface area contributed by atoms with Gasteiger partial charge in [0.2, 0.25) is 0 Å². The summed E-state index contributed by atoms with van der Waals surface area (Å²) in [5.41, 5.74) is 1.16. The molecular formula is C16H13ClN2O4. The minimum atomic E-state index is -0.301. The molecule has 0 aromatic heterocycles. The van der Waals surface area contributed by atoms with Crippen molar-refractivity contribution >= 4 is 34.8 Å². The van der Waals surface area contributed by atoms with Gasteiger partial charge in [-0.1, -0.05) is 11.6 Å². The first-order valence-corrected chi connectivity index (χ1v) is 7.23. The van der Waals surface area contributed by atoms with Gasteiger partial charge in [0.1, 0.15) is 11.5 Å². The molecule has 7 heteroatoms. The van der Waals surface area contributed by atoms with Crippen LogP contribution in [-0.4, -0.2) is 25.0 Å². The molecule has 0 aliphatic carbocycles. The van der Waals surface area contributed by atoms with Crippen LogP contribution in [0.15, 0.2) is 42.5 Å². The Bertz CT molecular complexity index is 746. The van der Waals surface area contributed by atoms with Crippen LogP contribution < -0.4 is 20.1 Å². The number of fused-ring (bicyclic) bond motifs is 1. The molecule has 1 aliphatic rings. The second-order valence-electron chi connectivity index (χ2n) is 4.84. The van der Waals surface area contributed by atoms with Gasteiger partial charge in [-0.3, -0.25) is 9.59 Å². The summed E-state index contributed by atoms with van der Waals surface area (Å²) in [5, 5.41) is 5.96. The van der Waals surface area contributed by atoms with E-state index in [1.165, 1.54) is 0 Å². The van der Waals surface area contributed by atoms with Crippen LogP contribution in [0.25, 0.3) is 0 Å². The van der Waals surface area contributed by atoms with E-state index in [1.807, 2.05) is 0 Å². The van der Waals surface area contributed by atoms with Crippen molar-refractivity contribution in [2.75, 3.05) is 23.8 Å². The van der Waals surface area contributed by atoms with E-state index in [2.05, 4.69) is 10.6 Å². The summed E-state index contributed by atoms with van der Waals surface area (Å²) in [6.45, 7) is -0.160. The normalized spacial score (nSPS) is 12.7. The molecule has 6 nitrogen and oxygen atoms in total. The maximum atomic E-state index is 11.8. The molecule has 2 amide bonds. The van der Waals surface area contributed by atoms with Crippen molar-refractivity contribution in [3.63, 3.8) is 0 Å². The number of ether oxygens (including phenoxy) is 2. The number of hydrogen-bond donors (Lipinski definition) is 2. The molecule has 0 unspecified atom stereocenters. The van der Waals surface area contributed by atoms with Crippen LogP contribution in [0.5, 0.6) is 11.5 Å². The number of halogens is 1. The Morgan fingerprint density at radius 1 is 1.26 bits per heavy atom. The SMILES string of the molecule is O=C(COc1ccc2c(c1)NC(=O)CO2)Nc1ccc(Cl)cc1. The van der Waals surface area contributed by atoms with Gasteiger partial charge in [0.25, 0.3) is 11.8 Å². The highest BCUT2D eigenvalue weighted by Crippen LogP contribution is 2.31. The highest BCUT2D eigenvalue weighted by Gasteiger charge is 2.16. The van der Waals surface area contributed by atoms with Crippen molar-refractivity contribution in [1.29, 1.82) is 0 Å². The Hall–Kier alpha value is -2.73. The van der Waals surface area contributed by atoms with Crippen LogP contribution >= 0.6 is 11.6 Å². The maximum Gasteiger partial charge on any atom is 0.262 e. The van der Waals surface area contributed by atoms with E-state index in [1.54, 1.807) is 42.5 Å². The monoisotopic (exact) mass is 332 g/mol. The minimum absolute atomic E-state index is 0.00327. The fraction of sp³-hybridized carbons (Fsp3) is 0.125. The predicted octanol–water partition coefficient (Wildman–Crippen LogP) is 2.69. The van der Waals surface area contributed by atoms with E-state index in [0.717, 1.165) is 0 Å². The number of hydrogen-bond acceptors (Lipinski definition) is 4. The van der Waals surface area contributed by atoms with E-state index in [9.17, 15) is 9.59 Å². The molecule has 0 radical (unpaired) electrons. The molecule has 0 fully saturated rings. The van der Waals surface area contributed by atoms with Gasteiger partial charge in [-0.05, 0) is 36.4 Å². The highest BCUT2D eigenvalue weighted by molar-refractivity contribution is 6.30. The Morgan fingerprint density at radius 3 is 2.83 bits per heavy atom. The van der Waals surface area contributed by atoms with Crippen LogP contribution in [0.3, 0.4) is 0 Å². The average molecular weight is 333 g/mol. The van der Waals surface area contributed by atoms with Gasteiger partial charge in [-0.25, -0.2) is 0 Å². The Kier molecular flexibility index (Phi) is 4.34. The third-order valence-electron chi connectivity index (χ3n) is 3.08. The summed E-state index contributed by atoms with van der Waals surface area (Å²) < 4.78 is 10.7. The fourth-order valence-electron chi connectivity index (χ4n) is 2.03. The van der Waals surface area contributed by atoms with Gasteiger partial charge in [-0.2, -0.15) is 0 Å². The third-order valence-corrected chi connectivity index (χ3v) is 3.33. The highest BCUT2D eigenvalue weighted by atomic mass is 35.5. The summed E-state index contributed by atoms with van der Waals surface area (Å²) >= 11 is 5.78. The molecular weight excluding hydrogens is 320 g/mol. The lowest BCUT2D eigenvalue weighted by Gasteiger charge is -2.18. The van der Waals surface area contributed by atoms with E-state index < -0.39 is 0 Å². The molecule has 0 atom stereocenters. The molecule has 0 saturated carbocycles. The molecule has 118 valence electrons. The zero-order valence-corrected chi connectivity index (χ0v) is 12.7. The molecule has 1 heterocycles. The number of amides is 2. The van der Waals surface area contributed by atoms with Crippen molar-refractivity contribution in [3.8, 4) is 11.5 Å². The summed E-state index contributed by atoms with van der Waals surface area (Å²) in [6, 6.07) is 11.7. The summed E-state index contributed by atoms with van der Waals surface area (Å²) in [6.07, 6.45) is 0. The standard InChI is InChI=1S/C16H13ClN2O4/c17-10-1-3-11(4-2-10)18-15(20)8-22-12-5-6-14-13(7-12)19-16(21)9-23-14/h1-7H,8-9H2,(H,18,20)(H,19,21). The molecule has 2 aromatic carbocycles. The summed E-state index contributed by atoms with van der Waals surface area (Å²) in [4.78, 5) is 23.1. The zero-order chi connectivity index (χ0) is 16.2. The van der Waals surface area contributed by atoms with E-state index in [0.29, 0.717) is 27.9 Å². The van der Waals surface area contributed by atoms with Gasteiger partial charge >= 0.3 is 0 Å². The van der Waals surface area contributed by atoms with Crippen molar-refractivity contribution in [1.82, 2.24) is 0 Å². The Morgan fingerprint density at radius 2 is 2.04 bits per heavy atom. The number of anilines is 2. The fourth-order valence-corrected chi connectivity index (χ4v) is 2.16. The Balaban J connectivity index is 1.57. The van der Waals surface area contributed by atoms with Gasteiger partial charge in [0.15, 0.2) is 13.2 Å². The molecule has 3 rings (SSSR count). The lowest BCUT2D eigenvalue weighted by atomic mass is 10.2. The number of benzene rings is 2. The van der Waals surface area contributed by atoms with Gasteiger partial charge in [0, 0.05) is 16.8 Å². The Labute approximate surface area is 137 Å². The maximum absolute atomic E-state index is 11.8. The van der Waals surface area contributed by atoms with Crippen LogP contribution in [-0.2, 0) is 9.59 Å². The smallest absolute Gasteiger partial charge is 0.262 e. The molecule has 23 heavy (non-hydrogen) atoms. The van der Waals surface area contributed by atoms with Gasteiger partial charge < -0.3 is 20.1 Å². The minimum Gasteiger partial charge on any atom is -0.484 e. The quantitative estimate of drug-likeness (QED) is 0.902. The number of nitrogens with one attached hydrogen (secondary N) is 2. The zero-order valence-electron chi connectivity index (χ0n) is 12.0. The number of rotatable bonds is 4. The summed E-state index contributed by atoms with van der Waals surface area (Å²) in [7, 11) is 0. The lowest BCUT2D eigenvalue weighted by molar-refractivity contribution is -0.119. The molecule has 0 spiro atoms. The van der Waals surface area contributed by atoms with Crippen molar-refractivity contribution in [2.45, 2.75) is 0 Å². The van der Waals surface area contributed by atoms with Gasteiger partial charge in [-0.15, -0.1) is 0 Å².